The highest BCUT2D eigenvalue weighted by atomic mass is 35.5. The average Bonchev–Trinajstić information content (AvgIpc) is 2.56. The Morgan fingerprint density at radius 2 is 1.64 bits per heavy atom. The molecule has 0 bridgehead atoms. The van der Waals surface area contributed by atoms with Crippen LogP contribution in [-0.4, -0.2) is 6.29 Å². The van der Waals surface area contributed by atoms with Crippen LogP contribution in [0.3, 0.4) is 0 Å². The Labute approximate surface area is 135 Å². The van der Waals surface area contributed by atoms with Crippen molar-refractivity contribution >= 4 is 29.7 Å². The zero-order valence-electron chi connectivity index (χ0n) is 12.3. The van der Waals surface area contributed by atoms with Crippen molar-refractivity contribution in [3.05, 3.63) is 89.7 Å². The molecule has 0 saturated carbocycles. The minimum Gasteiger partial charge on any atom is -0.298 e. The summed E-state index contributed by atoms with van der Waals surface area (Å²) in [4.78, 5) is 12.8. The molecule has 0 aromatic heterocycles. The fraction of sp³-hybridized carbons (Fsp3) is 0.0588. The molecule has 0 saturated heterocycles. The lowest BCUT2D eigenvalue weighted by Crippen LogP contribution is -1.76. The second-order valence-corrected chi connectivity index (χ2v) is 4.25. The summed E-state index contributed by atoms with van der Waals surface area (Å²) >= 11 is 5.60. The maximum atomic E-state index is 10.2. The molecule has 0 amide bonds. The van der Waals surface area contributed by atoms with Crippen molar-refractivity contribution in [2.45, 2.75) is 5.88 Å². The number of carbonyl (C=O) groups is 1. The van der Waals surface area contributed by atoms with E-state index in [1.54, 1.807) is 24.3 Å². The molecule has 2 rings (SSSR count). The summed E-state index contributed by atoms with van der Waals surface area (Å²) in [5.41, 5.74) is 11.4. The molecule has 0 spiro atoms. The second kappa shape index (κ2) is 11.0. The molecule has 112 valence electrons. The third-order valence-electron chi connectivity index (χ3n) is 2.56. The van der Waals surface area contributed by atoms with Crippen LogP contribution in [0.2, 0.25) is 0 Å². The highest BCUT2D eigenvalue weighted by Gasteiger charge is 1.88. The number of hydrogen-bond donors (Lipinski definition) is 0. The number of nitrogens with zero attached hydrogens (tertiary/aromatic N) is 3. The summed E-state index contributed by atoms with van der Waals surface area (Å²) < 4.78 is 0. The van der Waals surface area contributed by atoms with Crippen molar-refractivity contribution in [1.82, 2.24) is 0 Å². The van der Waals surface area contributed by atoms with Crippen LogP contribution in [0.15, 0.2) is 60.2 Å². The van der Waals surface area contributed by atoms with Gasteiger partial charge in [0.25, 0.3) is 0 Å². The molecule has 0 heterocycles. The maximum absolute atomic E-state index is 10.2. The first kappa shape index (κ1) is 19.3. The Morgan fingerprint density at radius 3 is 2.05 bits per heavy atom. The van der Waals surface area contributed by atoms with Crippen molar-refractivity contribution in [2.24, 2.45) is 5.11 Å². The molecular weight excluding hydrogens is 298 g/mol. The number of azide groups is 1. The summed E-state index contributed by atoms with van der Waals surface area (Å²) in [6.07, 6.45) is 2.55. The smallest absolute Gasteiger partial charge is 0.150 e. The molecular formula is C17H17ClN3O+. The van der Waals surface area contributed by atoms with Gasteiger partial charge in [0.1, 0.15) is 6.29 Å². The van der Waals surface area contributed by atoms with Crippen LogP contribution in [0.5, 0.6) is 0 Å². The lowest BCUT2D eigenvalue weighted by atomic mass is 10.1. The lowest BCUT2D eigenvalue weighted by Gasteiger charge is -1.94. The van der Waals surface area contributed by atoms with E-state index in [0.29, 0.717) is 17.1 Å². The standard InChI is InChI=1S/C9H9Cl.C7H5N3O.CH3/c1-2-8-3-5-9(7-10)6-4-8;8-10-9-7-3-1-6(5-11)2-4-7;/h2-6H,1,7H2;1-5H;1H3/q;;+1. The topological polar surface area (TPSA) is 65.8 Å². The molecule has 4 nitrogen and oxygen atoms in total. The number of carbonyl (C=O) groups excluding carboxylic acids is 1. The van der Waals surface area contributed by atoms with Crippen LogP contribution < -0.4 is 0 Å². The summed E-state index contributed by atoms with van der Waals surface area (Å²) in [6, 6.07) is 14.4. The maximum Gasteiger partial charge on any atom is 0.150 e. The van der Waals surface area contributed by atoms with E-state index in [-0.39, 0.29) is 7.43 Å². The first-order valence-electron chi connectivity index (χ1n) is 6.11. The number of halogens is 1. The Balaban J connectivity index is 0.000000385. The second-order valence-electron chi connectivity index (χ2n) is 3.98. The predicted octanol–water partition coefficient (Wildman–Crippen LogP) is 5.96. The molecule has 22 heavy (non-hydrogen) atoms. The van der Waals surface area contributed by atoms with Crippen molar-refractivity contribution < 1.29 is 4.79 Å². The normalized spacial score (nSPS) is 8.41. The Bertz CT molecular complexity index is 630. The SMILES string of the molecule is C=Cc1ccc(CCl)cc1.[CH3+].[N-]=[N+]=Nc1ccc(C=O)cc1. The molecule has 0 unspecified atom stereocenters. The van der Waals surface area contributed by atoms with Crippen molar-refractivity contribution in [1.29, 1.82) is 0 Å². The Hall–Kier alpha value is -2.68. The van der Waals surface area contributed by atoms with Crippen LogP contribution in [0.1, 0.15) is 21.5 Å². The van der Waals surface area contributed by atoms with Gasteiger partial charge < -0.3 is 0 Å². The van der Waals surface area contributed by atoms with Gasteiger partial charge >= 0.3 is 0 Å². The van der Waals surface area contributed by atoms with Crippen molar-refractivity contribution in [2.75, 3.05) is 0 Å². The van der Waals surface area contributed by atoms with Gasteiger partial charge in [0.2, 0.25) is 0 Å². The first-order chi connectivity index (χ1) is 10.2. The Morgan fingerprint density at radius 1 is 1.09 bits per heavy atom. The molecule has 0 N–H and O–H groups in total. The monoisotopic (exact) mass is 314 g/mol. The molecule has 2 aromatic carbocycles. The van der Waals surface area contributed by atoms with Gasteiger partial charge in [-0.25, -0.2) is 0 Å². The predicted molar refractivity (Wildman–Crippen MR) is 93.1 cm³/mol. The molecule has 0 aliphatic rings. The van der Waals surface area contributed by atoms with Gasteiger partial charge in [-0.15, -0.1) is 11.6 Å². The number of rotatable bonds is 4. The first-order valence-corrected chi connectivity index (χ1v) is 6.64. The fourth-order valence-corrected chi connectivity index (χ4v) is 1.59. The third kappa shape index (κ3) is 6.66. The summed E-state index contributed by atoms with van der Waals surface area (Å²) in [5.74, 6) is 0.581. The van der Waals surface area contributed by atoms with Gasteiger partial charge in [-0.3, -0.25) is 4.79 Å². The largest absolute Gasteiger partial charge is 0.298 e. The molecule has 0 aliphatic heterocycles. The van der Waals surface area contributed by atoms with Crippen LogP contribution in [0.4, 0.5) is 5.69 Å². The Kier molecular flexibility index (Phi) is 9.69. The number of aldehydes is 1. The van der Waals surface area contributed by atoms with Gasteiger partial charge in [0.05, 0.1) is 0 Å². The van der Waals surface area contributed by atoms with Gasteiger partial charge in [-0.1, -0.05) is 66.3 Å². The zero-order valence-corrected chi connectivity index (χ0v) is 13.1. The van der Waals surface area contributed by atoms with E-state index in [0.717, 1.165) is 17.4 Å². The lowest BCUT2D eigenvalue weighted by molar-refractivity contribution is 0.112. The summed E-state index contributed by atoms with van der Waals surface area (Å²) in [6.45, 7) is 3.65. The number of benzene rings is 2. The quantitative estimate of drug-likeness (QED) is 0.171. The van der Waals surface area contributed by atoms with Gasteiger partial charge in [-0.2, -0.15) is 0 Å². The summed E-state index contributed by atoms with van der Waals surface area (Å²) in [7, 11) is 0. The number of hydrogen-bond acceptors (Lipinski definition) is 2. The van der Waals surface area contributed by atoms with E-state index in [2.05, 4.69) is 16.6 Å². The molecule has 0 fully saturated rings. The van der Waals surface area contributed by atoms with Gasteiger partial charge in [0.15, 0.2) is 0 Å². The number of alkyl halides is 1. The highest BCUT2D eigenvalue weighted by molar-refractivity contribution is 6.17. The van der Waals surface area contributed by atoms with Crippen LogP contribution in [0, 0.1) is 7.43 Å². The van der Waals surface area contributed by atoms with Gasteiger partial charge in [-0.05, 0) is 16.7 Å². The molecule has 0 radical (unpaired) electrons. The van der Waals surface area contributed by atoms with Gasteiger partial charge in [0, 0.05) is 29.5 Å². The molecule has 2 aromatic rings. The zero-order chi connectivity index (χ0) is 15.5. The van der Waals surface area contributed by atoms with Crippen LogP contribution in [-0.2, 0) is 5.88 Å². The van der Waals surface area contributed by atoms with Crippen molar-refractivity contribution in [3.63, 3.8) is 0 Å². The minimum absolute atomic E-state index is 0. The van der Waals surface area contributed by atoms with E-state index in [9.17, 15) is 4.79 Å². The average molecular weight is 315 g/mol. The van der Waals surface area contributed by atoms with E-state index >= 15 is 0 Å². The van der Waals surface area contributed by atoms with Crippen LogP contribution >= 0.6 is 11.6 Å². The third-order valence-corrected chi connectivity index (χ3v) is 2.87. The fourth-order valence-electron chi connectivity index (χ4n) is 1.41. The van der Waals surface area contributed by atoms with E-state index in [1.807, 2.05) is 30.3 Å². The molecule has 0 aliphatic carbocycles. The van der Waals surface area contributed by atoms with E-state index in [1.165, 1.54) is 0 Å². The van der Waals surface area contributed by atoms with Crippen molar-refractivity contribution in [3.8, 4) is 0 Å². The molecule has 5 heteroatoms. The van der Waals surface area contributed by atoms with E-state index < -0.39 is 0 Å². The summed E-state index contributed by atoms with van der Waals surface area (Å²) in [5, 5.41) is 3.35. The van der Waals surface area contributed by atoms with Crippen LogP contribution in [0.25, 0.3) is 16.5 Å². The highest BCUT2D eigenvalue weighted by Crippen LogP contribution is 2.11. The molecule has 0 atom stereocenters. The van der Waals surface area contributed by atoms with E-state index in [4.69, 9.17) is 17.1 Å². The minimum atomic E-state index is 0.